The highest BCUT2D eigenvalue weighted by Crippen LogP contribution is 2.22. The van der Waals surface area contributed by atoms with Gasteiger partial charge in [-0.15, -0.1) is 0 Å². The monoisotopic (exact) mass is 412 g/mol. The number of fused-ring (bicyclic) bond motifs is 1. The number of anilines is 1. The number of hydrogen-bond acceptors (Lipinski definition) is 5. The van der Waals surface area contributed by atoms with Gasteiger partial charge in [-0.05, 0) is 55.5 Å². The summed E-state index contributed by atoms with van der Waals surface area (Å²) in [4.78, 5) is 16.2. The lowest BCUT2D eigenvalue weighted by Gasteiger charge is -2.32. The largest absolute Gasteiger partial charge is 0.354 e. The van der Waals surface area contributed by atoms with Crippen molar-refractivity contribution in [3.63, 3.8) is 0 Å². The minimum absolute atomic E-state index is 0.673. The van der Waals surface area contributed by atoms with Crippen molar-refractivity contribution in [2.75, 3.05) is 25.0 Å². The zero-order valence-corrected chi connectivity index (χ0v) is 17.7. The molecule has 1 N–H and O–H groups in total. The van der Waals surface area contributed by atoms with Crippen LogP contribution in [-0.4, -0.2) is 44.1 Å². The summed E-state index contributed by atoms with van der Waals surface area (Å²) in [6, 6.07) is 20.8. The number of imidazole rings is 1. The molecule has 1 aliphatic heterocycles. The lowest BCUT2D eigenvalue weighted by atomic mass is 9.94. The van der Waals surface area contributed by atoms with Crippen molar-refractivity contribution < 1.29 is 0 Å². The van der Waals surface area contributed by atoms with E-state index in [2.05, 4.69) is 56.6 Å². The predicted molar refractivity (Wildman–Crippen MR) is 124 cm³/mol. The number of nitrogens with zero attached hydrogens (tertiary/aromatic N) is 5. The normalized spacial score (nSPS) is 17.1. The second-order valence-corrected chi connectivity index (χ2v) is 8.29. The minimum atomic E-state index is 0.673. The van der Waals surface area contributed by atoms with Gasteiger partial charge in [-0.1, -0.05) is 42.5 Å². The number of nitrogens with one attached hydrogen (secondary N) is 1. The van der Waals surface area contributed by atoms with Crippen LogP contribution in [0.4, 0.5) is 5.95 Å². The van der Waals surface area contributed by atoms with Gasteiger partial charge >= 0.3 is 0 Å². The van der Waals surface area contributed by atoms with Crippen molar-refractivity contribution in [3.8, 4) is 5.82 Å². The molecular weight excluding hydrogens is 384 g/mol. The molecule has 1 atom stereocenters. The van der Waals surface area contributed by atoms with Gasteiger partial charge in [0.25, 0.3) is 0 Å². The van der Waals surface area contributed by atoms with Gasteiger partial charge in [0.05, 0.1) is 11.0 Å². The third kappa shape index (κ3) is 4.75. The van der Waals surface area contributed by atoms with Crippen LogP contribution in [0.25, 0.3) is 16.9 Å². The standard InChI is InChI=1S/C25H28N6/c1-2-7-20(8-3-1)17-30-16-6-9-21(18-30)12-14-26-25-27-15-13-24(29-25)31-19-28-22-10-4-5-11-23(22)31/h1-5,7-8,10-11,13,15,19,21H,6,9,12,14,16-18H2,(H,26,27,29). The van der Waals surface area contributed by atoms with Crippen LogP contribution in [0.15, 0.2) is 73.2 Å². The quantitative estimate of drug-likeness (QED) is 0.483. The molecule has 2 aromatic heterocycles. The van der Waals surface area contributed by atoms with E-state index in [4.69, 9.17) is 4.98 Å². The molecule has 0 amide bonds. The average Bonchev–Trinajstić information content (AvgIpc) is 3.25. The highest BCUT2D eigenvalue weighted by molar-refractivity contribution is 5.76. The topological polar surface area (TPSA) is 58.9 Å². The number of hydrogen-bond donors (Lipinski definition) is 1. The van der Waals surface area contributed by atoms with E-state index in [1.807, 2.05) is 41.4 Å². The second-order valence-electron chi connectivity index (χ2n) is 8.29. The van der Waals surface area contributed by atoms with E-state index in [1.165, 1.54) is 31.5 Å². The van der Waals surface area contributed by atoms with Gasteiger partial charge in [0, 0.05) is 25.8 Å². The summed E-state index contributed by atoms with van der Waals surface area (Å²) in [5.74, 6) is 2.22. The average molecular weight is 413 g/mol. The minimum Gasteiger partial charge on any atom is -0.354 e. The Balaban J connectivity index is 1.17. The Morgan fingerprint density at radius 3 is 2.77 bits per heavy atom. The summed E-state index contributed by atoms with van der Waals surface area (Å²) >= 11 is 0. The fraction of sp³-hybridized carbons (Fsp3) is 0.320. The third-order valence-electron chi connectivity index (χ3n) is 6.03. The number of benzene rings is 2. The van der Waals surface area contributed by atoms with Gasteiger partial charge in [-0.25, -0.2) is 9.97 Å². The van der Waals surface area contributed by atoms with Gasteiger partial charge < -0.3 is 5.32 Å². The van der Waals surface area contributed by atoms with Crippen molar-refractivity contribution >= 4 is 17.0 Å². The number of para-hydroxylation sites is 2. The van der Waals surface area contributed by atoms with Crippen molar-refractivity contribution in [1.82, 2.24) is 24.4 Å². The second kappa shape index (κ2) is 9.27. The first-order valence-corrected chi connectivity index (χ1v) is 11.1. The van der Waals surface area contributed by atoms with Crippen LogP contribution in [0.2, 0.25) is 0 Å². The van der Waals surface area contributed by atoms with Crippen molar-refractivity contribution in [2.24, 2.45) is 5.92 Å². The zero-order chi connectivity index (χ0) is 20.9. The van der Waals surface area contributed by atoms with Crippen LogP contribution in [0.5, 0.6) is 0 Å². The van der Waals surface area contributed by atoms with Crippen LogP contribution in [0, 0.1) is 5.92 Å². The van der Waals surface area contributed by atoms with Crippen molar-refractivity contribution in [2.45, 2.75) is 25.8 Å². The Morgan fingerprint density at radius 1 is 0.968 bits per heavy atom. The molecule has 4 aromatic rings. The molecule has 0 saturated carbocycles. The van der Waals surface area contributed by atoms with Crippen LogP contribution in [0.3, 0.4) is 0 Å². The summed E-state index contributed by atoms with van der Waals surface area (Å²) in [7, 11) is 0. The maximum Gasteiger partial charge on any atom is 0.224 e. The first kappa shape index (κ1) is 19.7. The third-order valence-corrected chi connectivity index (χ3v) is 6.03. The highest BCUT2D eigenvalue weighted by atomic mass is 15.2. The van der Waals surface area contributed by atoms with E-state index in [-0.39, 0.29) is 0 Å². The molecule has 5 rings (SSSR count). The Kier molecular flexibility index (Phi) is 5.89. The SMILES string of the molecule is c1ccc(CN2CCCC(CCNc3nccc(-n4cnc5ccccc54)n3)C2)cc1. The molecule has 158 valence electrons. The number of aromatic nitrogens is 4. The molecule has 6 heteroatoms. The van der Waals surface area contributed by atoms with Gasteiger partial charge in [0.15, 0.2) is 0 Å². The molecule has 1 unspecified atom stereocenters. The van der Waals surface area contributed by atoms with E-state index in [0.29, 0.717) is 11.9 Å². The molecule has 0 radical (unpaired) electrons. The Labute approximate surface area is 183 Å². The van der Waals surface area contributed by atoms with E-state index in [1.54, 1.807) is 0 Å². The van der Waals surface area contributed by atoms with Gasteiger partial charge in [-0.3, -0.25) is 9.47 Å². The van der Waals surface area contributed by atoms with Crippen LogP contribution in [0.1, 0.15) is 24.8 Å². The zero-order valence-electron chi connectivity index (χ0n) is 17.7. The van der Waals surface area contributed by atoms with Crippen LogP contribution >= 0.6 is 0 Å². The van der Waals surface area contributed by atoms with Crippen LogP contribution in [-0.2, 0) is 6.54 Å². The molecule has 1 saturated heterocycles. The summed E-state index contributed by atoms with van der Waals surface area (Å²) in [5, 5.41) is 3.43. The number of likely N-dealkylation sites (tertiary alicyclic amines) is 1. The lowest BCUT2D eigenvalue weighted by molar-refractivity contribution is 0.163. The molecule has 6 nitrogen and oxygen atoms in total. The van der Waals surface area contributed by atoms with Gasteiger partial charge in [-0.2, -0.15) is 4.98 Å². The smallest absolute Gasteiger partial charge is 0.224 e. The summed E-state index contributed by atoms with van der Waals surface area (Å²) < 4.78 is 2.00. The molecule has 2 aromatic carbocycles. The maximum atomic E-state index is 4.71. The molecule has 0 aliphatic carbocycles. The predicted octanol–water partition coefficient (Wildman–Crippen LogP) is 4.53. The fourth-order valence-corrected chi connectivity index (χ4v) is 4.47. The summed E-state index contributed by atoms with van der Waals surface area (Å²) in [5.41, 5.74) is 3.42. The van der Waals surface area contributed by atoms with Crippen molar-refractivity contribution in [1.29, 1.82) is 0 Å². The first-order valence-electron chi connectivity index (χ1n) is 11.1. The Bertz CT molecular complexity index is 1120. The van der Waals surface area contributed by atoms with E-state index in [0.717, 1.165) is 36.4 Å². The Morgan fingerprint density at radius 2 is 1.84 bits per heavy atom. The molecule has 3 heterocycles. The summed E-state index contributed by atoms with van der Waals surface area (Å²) in [6.07, 6.45) is 7.33. The van der Waals surface area contributed by atoms with E-state index < -0.39 is 0 Å². The maximum absolute atomic E-state index is 4.71. The molecule has 0 spiro atoms. The molecule has 0 bridgehead atoms. The van der Waals surface area contributed by atoms with Gasteiger partial charge in [0.1, 0.15) is 12.1 Å². The number of rotatable bonds is 7. The molecular formula is C25H28N6. The molecule has 1 aliphatic rings. The Hall–Kier alpha value is -3.25. The first-order chi connectivity index (χ1) is 15.3. The van der Waals surface area contributed by atoms with E-state index >= 15 is 0 Å². The van der Waals surface area contributed by atoms with Crippen molar-refractivity contribution in [3.05, 3.63) is 78.8 Å². The van der Waals surface area contributed by atoms with E-state index in [9.17, 15) is 0 Å². The molecule has 1 fully saturated rings. The summed E-state index contributed by atoms with van der Waals surface area (Å²) in [6.45, 7) is 4.30. The number of piperidine rings is 1. The lowest BCUT2D eigenvalue weighted by Crippen LogP contribution is -2.35. The van der Waals surface area contributed by atoms with Gasteiger partial charge in [0.2, 0.25) is 5.95 Å². The fourth-order valence-electron chi connectivity index (χ4n) is 4.47. The highest BCUT2D eigenvalue weighted by Gasteiger charge is 2.19. The molecule has 31 heavy (non-hydrogen) atoms. The van der Waals surface area contributed by atoms with Crippen LogP contribution < -0.4 is 5.32 Å².